The summed E-state index contributed by atoms with van der Waals surface area (Å²) in [6.07, 6.45) is 0. The van der Waals surface area contributed by atoms with E-state index in [9.17, 15) is 4.79 Å². The van der Waals surface area contributed by atoms with Crippen molar-refractivity contribution in [2.45, 2.75) is 38.1 Å². The number of aryl methyl sites for hydroxylation is 1. The summed E-state index contributed by atoms with van der Waals surface area (Å²) >= 11 is 8.30. The van der Waals surface area contributed by atoms with Crippen molar-refractivity contribution in [1.82, 2.24) is 14.3 Å². The standard InChI is InChI=1S/C19H21N3OS3/c1-12(2)21-13(3)10-16(14(21)4)17(23)11-25-18-20-22(19(24)26-18)15-8-6-5-7-9-15/h5-10,12H,11H2,1-4H3. The molecule has 0 saturated carbocycles. The molecule has 4 nitrogen and oxygen atoms in total. The topological polar surface area (TPSA) is 39.8 Å². The molecular formula is C19H21N3OS3. The highest BCUT2D eigenvalue weighted by Crippen LogP contribution is 2.27. The number of rotatable bonds is 6. The monoisotopic (exact) mass is 403 g/mol. The quantitative estimate of drug-likeness (QED) is 0.303. The second-order valence-electron chi connectivity index (χ2n) is 6.34. The molecule has 0 N–H and O–H groups in total. The lowest BCUT2D eigenvalue weighted by Gasteiger charge is -2.13. The fourth-order valence-electron chi connectivity index (χ4n) is 3.11. The number of hydrogen-bond acceptors (Lipinski definition) is 5. The molecule has 0 amide bonds. The van der Waals surface area contributed by atoms with Crippen molar-refractivity contribution in [3.63, 3.8) is 0 Å². The minimum atomic E-state index is 0.127. The average molecular weight is 404 g/mol. The smallest absolute Gasteiger partial charge is 0.184 e. The van der Waals surface area contributed by atoms with Gasteiger partial charge < -0.3 is 4.57 Å². The number of nitrogens with zero attached hydrogens (tertiary/aromatic N) is 3. The summed E-state index contributed by atoms with van der Waals surface area (Å²) in [7, 11) is 0. The lowest BCUT2D eigenvalue weighted by molar-refractivity contribution is 0.102. The van der Waals surface area contributed by atoms with Gasteiger partial charge in [0.15, 0.2) is 14.1 Å². The van der Waals surface area contributed by atoms with Gasteiger partial charge in [-0.2, -0.15) is 0 Å². The first-order chi connectivity index (χ1) is 12.4. The van der Waals surface area contributed by atoms with Crippen LogP contribution in [-0.2, 0) is 0 Å². The van der Waals surface area contributed by atoms with Gasteiger partial charge in [-0.05, 0) is 58.1 Å². The highest BCUT2D eigenvalue weighted by molar-refractivity contribution is 8.01. The molecule has 2 aromatic heterocycles. The van der Waals surface area contributed by atoms with E-state index in [0.29, 0.717) is 15.7 Å². The summed E-state index contributed by atoms with van der Waals surface area (Å²) in [5.41, 5.74) is 3.89. The number of ketones is 1. The molecule has 3 rings (SSSR count). The van der Waals surface area contributed by atoms with E-state index in [2.05, 4.69) is 23.5 Å². The molecule has 7 heteroatoms. The summed E-state index contributed by atoms with van der Waals surface area (Å²) in [6.45, 7) is 8.32. The Morgan fingerprint density at radius 3 is 2.58 bits per heavy atom. The molecule has 136 valence electrons. The molecule has 0 atom stereocenters. The molecule has 0 unspecified atom stereocenters. The van der Waals surface area contributed by atoms with E-state index in [1.54, 1.807) is 4.68 Å². The van der Waals surface area contributed by atoms with Gasteiger partial charge >= 0.3 is 0 Å². The first kappa shape index (κ1) is 19.1. The first-order valence-corrected chi connectivity index (χ1v) is 10.6. The molecule has 0 fully saturated rings. The van der Waals surface area contributed by atoms with Crippen molar-refractivity contribution in [3.05, 3.63) is 57.3 Å². The molecule has 26 heavy (non-hydrogen) atoms. The molecule has 0 bridgehead atoms. The van der Waals surface area contributed by atoms with E-state index in [4.69, 9.17) is 12.2 Å². The first-order valence-electron chi connectivity index (χ1n) is 8.38. The summed E-state index contributed by atoms with van der Waals surface area (Å²) in [5.74, 6) is 0.488. The third-order valence-corrected chi connectivity index (χ3v) is 6.52. The largest absolute Gasteiger partial charge is 0.346 e. The van der Waals surface area contributed by atoms with E-state index in [0.717, 1.165) is 27.0 Å². The predicted molar refractivity (Wildman–Crippen MR) is 112 cm³/mol. The van der Waals surface area contributed by atoms with Gasteiger partial charge in [-0.15, -0.1) is 5.10 Å². The highest BCUT2D eigenvalue weighted by atomic mass is 32.2. The molecule has 2 heterocycles. The fourth-order valence-corrected chi connectivity index (χ4v) is 5.36. The van der Waals surface area contributed by atoms with E-state index in [-0.39, 0.29) is 5.78 Å². The maximum atomic E-state index is 12.7. The van der Waals surface area contributed by atoms with Gasteiger partial charge in [0.2, 0.25) is 0 Å². The van der Waals surface area contributed by atoms with Gasteiger partial charge in [0, 0.05) is 23.0 Å². The molecule has 0 saturated heterocycles. The van der Waals surface area contributed by atoms with Crippen LogP contribution in [0.2, 0.25) is 0 Å². The maximum absolute atomic E-state index is 12.7. The number of carbonyl (C=O) groups excluding carboxylic acids is 1. The van der Waals surface area contributed by atoms with Gasteiger partial charge in [0.1, 0.15) is 0 Å². The van der Waals surface area contributed by atoms with Crippen LogP contribution in [0.5, 0.6) is 0 Å². The van der Waals surface area contributed by atoms with Crippen molar-refractivity contribution >= 4 is 41.1 Å². The zero-order chi connectivity index (χ0) is 18.8. The van der Waals surface area contributed by atoms with Crippen LogP contribution in [0.15, 0.2) is 40.7 Å². The molecule has 3 aromatic rings. The third kappa shape index (κ3) is 3.84. The van der Waals surface area contributed by atoms with Crippen molar-refractivity contribution in [2.24, 2.45) is 0 Å². The van der Waals surface area contributed by atoms with Crippen molar-refractivity contribution < 1.29 is 4.79 Å². The normalized spacial score (nSPS) is 11.3. The van der Waals surface area contributed by atoms with Crippen molar-refractivity contribution in [3.8, 4) is 5.69 Å². The van der Waals surface area contributed by atoms with Crippen LogP contribution in [0.1, 0.15) is 41.6 Å². The van der Waals surface area contributed by atoms with Crippen LogP contribution in [0, 0.1) is 17.8 Å². The average Bonchev–Trinajstić information content (AvgIpc) is 3.12. The van der Waals surface area contributed by atoms with Crippen LogP contribution in [0.3, 0.4) is 0 Å². The van der Waals surface area contributed by atoms with Crippen LogP contribution in [-0.4, -0.2) is 25.9 Å². The molecule has 1 aromatic carbocycles. The summed E-state index contributed by atoms with van der Waals surface area (Å²) in [6, 6.07) is 12.1. The number of carbonyl (C=O) groups is 1. The molecule has 0 aliphatic rings. The van der Waals surface area contributed by atoms with E-state index >= 15 is 0 Å². The Kier molecular flexibility index (Phi) is 5.79. The molecular weight excluding hydrogens is 382 g/mol. The number of Topliss-reactive ketones (excluding diaryl/α,β-unsaturated/α-hetero) is 1. The zero-order valence-corrected chi connectivity index (χ0v) is 17.7. The highest BCUT2D eigenvalue weighted by Gasteiger charge is 2.18. The van der Waals surface area contributed by atoms with E-state index in [1.165, 1.54) is 23.1 Å². The Labute approximate surface area is 166 Å². The summed E-state index contributed by atoms with van der Waals surface area (Å²) in [4.78, 5) is 12.7. The van der Waals surface area contributed by atoms with Crippen LogP contribution in [0.4, 0.5) is 0 Å². The second kappa shape index (κ2) is 7.90. The maximum Gasteiger partial charge on any atom is 0.184 e. The van der Waals surface area contributed by atoms with Crippen molar-refractivity contribution in [2.75, 3.05) is 5.75 Å². The minimum Gasteiger partial charge on any atom is -0.346 e. The lowest BCUT2D eigenvalue weighted by atomic mass is 10.2. The van der Waals surface area contributed by atoms with Crippen LogP contribution < -0.4 is 0 Å². The third-order valence-electron chi connectivity index (χ3n) is 4.16. The van der Waals surface area contributed by atoms with Crippen LogP contribution in [0.25, 0.3) is 5.69 Å². The van der Waals surface area contributed by atoms with Gasteiger partial charge in [0.05, 0.1) is 11.4 Å². The van der Waals surface area contributed by atoms with Gasteiger partial charge in [-0.1, -0.05) is 41.3 Å². The molecule has 0 aliphatic heterocycles. The second-order valence-corrected chi connectivity index (χ2v) is 9.19. The molecule has 0 aliphatic carbocycles. The predicted octanol–water partition coefficient (Wildman–Crippen LogP) is 5.64. The van der Waals surface area contributed by atoms with E-state index < -0.39 is 0 Å². The fraction of sp³-hybridized carbons (Fsp3) is 0.316. The Balaban J connectivity index is 1.75. The van der Waals surface area contributed by atoms with E-state index in [1.807, 2.05) is 50.2 Å². The number of para-hydroxylation sites is 1. The van der Waals surface area contributed by atoms with Crippen molar-refractivity contribution in [1.29, 1.82) is 0 Å². The number of benzene rings is 1. The Morgan fingerprint density at radius 1 is 1.27 bits per heavy atom. The minimum absolute atomic E-state index is 0.127. The summed E-state index contributed by atoms with van der Waals surface area (Å²) in [5, 5.41) is 4.56. The zero-order valence-electron chi connectivity index (χ0n) is 15.2. The lowest BCUT2D eigenvalue weighted by Crippen LogP contribution is -2.08. The SMILES string of the molecule is Cc1cc(C(=O)CSc2nn(-c3ccccc3)c(=S)s2)c(C)n1C(C)C. The van der Waals surface area contributed by atoms with Gasteiger partial charge in [0.25, 0.3) is 0 Å². The van der Waals surface area contributed by atoms with Gasteiger partial charge in [-0.25, -0.2) is 4.68 Å². The number of aromatic nitrogens is 3. The Morgan fingerprint density at radius 2 is 1.96 bits per heavy atom. The Bertz CT molecular complexity index is 983. The van der Waals surface area contributed by atoms with Crippen LogP contribution >= 0.6 is 35.3 Å². The van der Waals surface area contributed by atoms with Gasteiger partial charge in [-0.3, -0.25) is 4.79 Å². The number of thioether (sulfide) groups is 1. The number of hydrogen-bond donors (Lipinski definition) is 0. The summed E-state index contributed by atoms with van der Waals surface area (Å²) < 4.78 is 5.44. The molecule has 0 radical (unpaired) electrons. The molecule has 0 spiro atoms. The Hall–Kier alpha value is -1.70.